The van der Waals surface area contributed by atoms with E-state index >= 15 is 0 Å². The molecule has 2 unspecified atom stereocenters. The fraction of sp³-hybridized carbons (Fsp3) is 0.571. The molecule has 0 aliphatic heterocycles. The van der Waals surface area contributed by atoms with Crippen molar-refractivity contribution < 1.29 is 4.92 Å². The Bertz CT molecular complexity index is 445. The van der Waals surface area contributed by atoms with Crippen molar-refractivity contribution in [3.8, 4) is 0 Å². The van der Waals surface area contributed by atoms with E-state index in [9.17, 15) is 10.1 Å². The molecule has 18 heavy (non-hydrogen) atoms. The fourth-order valence-electron chi connectivity index (χ4n) is 2.40. The van der Waals surface area contributed by atoms with Crippen LogP contribution in [0.2, 0.25) is 0 Å². The molecule has 0 spiro atoms. The Balaban J connectivity index is 1.90. The maximum atomic E-state index is 10.8. The van der Waals surface area contributed by atoms with Crippen molar-refractivity contribution in [1.29, 1.82) is 0 Å². The second-order valence-electron chi connectivity index (χ2n) is 5.15. The van der Waals surface area contributed by atoms with Gasteiger partial charge in [-0.25, -0.2) is 0 Å². The number of nitro groups is 1. The molecule has 1 N–H and O–H groups in total. The summed E-state index contributed by atoms with van der Waals surface area (Å²) < 4.78 is 0. The largest absolute Gasteiger partial charge is 0.310 e. The molecule has 98 valence electrons. The lowest BCUT2D eigenvalue weighted by Crippen LogP contribution is -2.17. The van der Waals surface area contributed by atoms with Gasteiger partial charge in [0, 0.05) is 24.2 Å². The van der Waals surface area contributed by atoms with Crippen molar-refractivity contribution in [3.05, 3.63) is 39.4 Å². The molecule has 1 aromatic rings. The van der Waals surface area contributed by atoms with Gasteiger partial charge in [0.25, 0.3) is 5.69 Å². The van der Waals surface area contributed by atoms with Crippen LogP contribution in [-0.2, 0) is 6.54 Å². The summed E-state index contributed by atoms with van der Waals surface area (Å²) in [6.07, 6.45) is 3.77. The molecule has 1 aliphatic rings. The Morgan fingerprint density at radius 1 is 1.50 bits per heavy atom. The van der Waals surface area contributed by atoms with E-state index in [0.29, 0.717) is 6.04 Å². The molecule has 0 saturated heterocycles. The van der Waals surface area contributed by atoms with Crippen LogP contribution in [0.3, 0.4) is 0 Å². The van der Waals surface area contributed by atoms with Crippen LogP contribution >= 0.6 is 0 Å². The van der Waals surface area contributed by atoms with E-state index in [2.05, 4.69) is 12.2 Å². The molecule has 1 aromatic carbocycles. The predicted octanol–water partition coefficient (Wildman–Crippen LogP) is 3.18. The highest BCUT2D eigenvalue weighted by atomic mass is 16.6. The van der Waals surface area contributed by atoms with E-state index in [0.717, 1.165) is 23.6 Å². The van der Waals surface area contributed by atoms with Gasteiger partial charge in [-0.1, -0.05) is 25.5 Å². The van der Waals surface area contributed by atoms with Gasteiger partial charge in [-0.15, -0.1) is 0 Å². The molecular formula is C14H20N2O2. The number of aryl methyl sites for hydroxylation is 1. The number of nitro benzene ring substituents is 1. The van der Waals surface area contributed by atoms with Crippen molar-refractivity contribution in [3.63, 3.8) is 0 Å². The highest BCUT2D eigenvalue weighted by molar-refractivity contribution is 5.42. The van der Waals surface area contributed by atoms with Gasteiger partial charge in [-0.2, -0.15) is 0 Å². The smallest absolute Gasteiger partial charge is 0.272 e. The van der Waals surface area contributed by atoms with Gasteiger partial charge in [0.05, 0.1) is 4.92 Å². The minimum Gasteiger partial charge on any atom is -0.310 e. The average molecular weight is 248 g/mol. The van der Waals surface area contributed by atoms with Crippen LogP contribution < -0.4 is 5.32 Å². The molecule has 2 rings (SSSR count). The predicted molar refractivity (Wildman–Crippen MR) is 71.5 cm³/mol. The molecule has 4 nitrogen and oxygen atoms in total. The third-order valence-corrected chi connectivity index (χ3v) is 3.62. The van der Waals surface area contributed by atoms with Crippen LogP contribution in [0.1, 0.15) is 37.3 Å². The zero-order valence-electron chi connectivity index (χ0n) is 11.0. The first-order chi connectivity index (χ1) is 8.61. The van der Waals surface area contributed by atoms with E-state index in [4.69, 9.17) is 0 Å². The van der Waals surface area contributed by atoms with Crippen LogP contribution in [0.5, 0.6) is 0 Å². The quantitative estimate of drug-likeness (QED) is 0.621. The first-order valence-corrected chi connectivity index (χ1v) is 6.59. The van der Waals surface area contributed by atoms with Crippen molar-refractivity contribution in [2.45, 2.75) is 45.7 Å². The topological polar surface area (TPSA) is 55.2 Å². The van der Waals surface area contributed by atoms with Crippen molar-refractivity contribution in [1.82, 2.24) is 5.32 Å². The van der Waals surface area contributed by atoms with Crippen molar-refractivity contribution in [2.75, 3.05) is 0 Å². The zero-order chi connectivity index (χ0) is 13.1. The molecule has 0 heterocycles. The minimum atomic E-state index is -0.310. The van der Waals surface area contributed by atoms with Crippen LogP contribution in [0, 0.1) is 23.0 Å². The number of hydrogen-bond acceptors (Lipinski definition) is 3. The summed E-state index contributed by atoms with van der Waals surface area (Å²) in [5.74, 6) is 0.815. The fourth-order valence-corrected chi connectivity index (χ4v) is 2.40. The van der Waals surface area contributed by atoms with Crippen LogP contribution in [-0.4, -0.2) is 11.0 Å². The lowest BCUT2D eigenvalue weighted by Gasteiger charge is -2.05. The molecule has 1 saturated carbocycles. The monoisotopic (exact) mass is 248 g/mol. The summed E-state index contributed by atoms with van der Waals surface area (Å²) in [6.45, 7) is 4.71. The first kappa shape index (κ1) is 13.0. The molecular weight excluding hydrogens is 228 g/mol. The lowest BCUT2D eigenvalue weighted by atomic mass is 10.1. The molecule has 4 heteroatoms. The van der Waals surface area contributed by atoms with E-state index < -0.39 is 0 Å². The van der Waals surface area contributed by atoms with Gasteiger partial charge < -0.3 is 5.32 Å². The van der Waals surface area contributed by atoms with Gasteiger partial charge in [-0.3, -0.25) is 10.1 Å². The minimum absolute atomic E-state index is 0.218. The molecule has 1 fully saturated rings. The number of nitrogens with one attached hydrogen (secondary N) is 1. The summed E-state index contributed by atoms with van der Waals surface area (Å²) >= 11 is 0. The Hall–Kier alpha value is -1.42. The summed E-state index contributed by atoms with van der Waals surface area (Å²) in [5.41, 5.74) is 1.93. The Morgan fingerprint density at radius 3 is 2.94 bits per heavy atom. The highest BCUT2D eigenvalue weighted by Gasteiger charge is 2.35. The Morgan fingerprint density at radius 2 is 2.28 bits per heavy atom. The van der Waals surface area contributed by atoms with E-state index in [1.165, 1.54) is 19.3 Å². The summed E-state index contributed by atoms with van der Waals surface area (Å²) in [6, 6.07) is 6.09. The maximum absolute atomic E-state index is 10.8. The molecule has 0 aromatic heterocycles. The standard InChI is InChI=1S/C14H20N2O2/c1-3-4-12-8-13(12)15-9-11-6-5-10(2)14(7-11)16(17)18/h5-7,12-13,15H,3-4,8-9H2,1-2H3. The molecule has 0 bridgehead atoms. The van der Waals surface area contributed by atoms with Crippen LogP contribution in [0.25, 0.3) is 0 Å². The molecule has 0 radical (unpaired) electrons. The van der Waals surface area contributed by atoms with Crippen molar-refractivity contribution >= 4 is 5.69 Å². The SMILES string of the molecule is CCCC1CC1NCc1ccc(C)c([N+](=O)[O-])c1. The molecule has 1 aliphatic carbocycles. The second-order valence-corrected chi connectivity index (χ2v) is 5.15. The first-order valence-electron chi connectivity index (χ1n) is 6.59. The summed E-state index contributed by atoms with van der Waals surface area (Å²) in [4.78, 5) is 10.5. The Kier molecular flexibility index (Phi) is 3.97. The van der Waals surface area contributed by atoms with E-state index in [1.807, 2.05) is 12.1 Å². The van der Waals surface area contributed by atoms with Crippen LogP contribution in [0.4, 0.5) is 5.69 Å². The normalized spacial score (nSPS) is 21.9. The third-order valence-electron chi connectivity index (χ3n) is 3.62. The molecule has 0 amide bonds. The second kappa shape index (κ2) is 5.48. The lowest BCUT2D eigenvalue weighted by molar-refractivity contribution is -0.385. The van der Waals surface area contributed by atoms with Gasteiger partial charge in [0.2, 0.25) is 0 Å². The highest BCUT2D eigenvalue weighted by Crippen LogP contribution is 2.34. The third kappa shape index (κ3) is 3.07. The summed E-state index contributed by atoms with van der Waals surface area (Å²) in [5, 5.41) is 14.3. The number of hydrogen-bond donors (Lipinski definition) is 1. The van der Waals surface area contributed by atoms with Gasteiger partial charge in [0.1, 0.15) is 0 Å². The molecule has 2 atom stereocenters. The van der Waals surface area contributed by atoms with Gasteiger partial charge >= 0.3 is 0 Å². The summed E-state index contributed by atoms with van der Waals surface area (Å²) in [7, 11) is 0. The number of nitrogens with zero attached hydrogens (tertiary/aromatic N) is 1. The van der Waals surface area contributed by atoms with E-state index in [-0.39, 0.29) is 10.6 Å². The Labute approximate surface area is 108 Å². The van der Waals surface area contributed by atoms with Gasteiger partial charge in [-0.05, 0) is 31.2 Å². The maximum Gasteiger partial charge on any atom is 0.272 e. The van der Waals surface area contributed by atoms with E-state index in [1.54, 1.807) is 13.0 Å². The van der Waals surface area contributed by atoms with Crippen LogP contribution in [0.15, 0.2) is 18.2 Å². The van der Waals surface area contributed by atoms with Crippen molar-refractivity contribution in [2.24, 2.45) is 5.92 Å². The number of rotatable bonds is 6. The zero-order valence-corrected chi connectivity index (χ0v) is 11.0. The average Bonchev–Trinajstić information content (AvgIpc) is 3.07. The van der Waals surface area contributed by atoms with Gasteiger partial charge in [0.15, 0.2) is 0 Å². The number of benzene rings is 1.